The van der Waals surface area contributed by atoms with Crippen molar-refractivity contribution in [3.63, 3.8) is 0 Å². The Hall–Kier alpha value is -2.91. The summed E-state index contributed by atoms with van der Waals surface area (Å²) < 4.78 is 32.3. The first-order valence-corrected chi connectivity index (χ1v) is 11.1. The van der Waals surface area contributed by atoms with E-state index in [1.165, 1.54) is 29.4 Å². The average molecular weight is 432 g/mol. The van der Waals surface area contributed by atoms with Crippen molar-refractivity contribution < 1.29 is 22.4 Å². The largest absolute Gasteiger partial charge is 0.468 e. The van der Waals surface area contributed by atoms with E-state index in [9.17, 15) is 18.0 Å². The number of nitrogens with zero attached hydrogens (tertiary/aromatic N) is 2. The van der Waals surface area contributed by atoms with Gasteiger partial charge >= 0.3 is 0 Å². The molecule has 1 aromatic heterocycles. The van der Waals surface area contributed by atoms with E-state index < -0.39 is 16.1 Å². The number of sulfonamides is 1. The molecule has 2 amide bonds. The van der Waals surface area contributed by atoms with Crippen molar-refractivity contribution in [3.05, 3.63) is 60.1 Å². The van der Waals surface area contributed by atoms with Gasteiger partial charge in [-0.3, -0.25) is 9.59 Å². The summed E-state index contributed by atoms with van der Waals surface area (Å²) >= 11 is 0. The van der Waals surface area contributed by atoms with Gasteiger partial charge in [0.05, 0.1) is 17.7 Å². The van der Waals surface area contributed by atoms with Gasteiger partial charge in [0.25, 0.3) is 0 Å². The number of carbonyl (C=O) groups excluding carboxylic acids is 2. The summed E-state index contributed by atoms with van der Waals surface area (Å²) in [6.07, 6.45) is 5.97. The van der Waals surface area contributed by atoms with E-state index in [1.807, 2.05) is 0 Å². The van der Waals surface area contributed by atoms with Crippen LogP contribution in [0.3, 0.4) is 0 Å². The number of hydrogen-bond donors (Lipinski definition) is 1. The van der Waals surface area contributed by atoms with Crippen molar-refractivity contribution in [2.24, 2.45) is 0 Å². The molecule has 8 nitrogen and oxygen atoms in total. The van der Waals surface area contributed by atoms with E-state index in [-0.39, 0.29) is 23.3 Å². The van der Waals surface area contributed by atoms with Gasteiger partial charge in [-0.15, -0.1) is 0 Å². The molecule has 1 atom stereocenters. The van der Waals surface area contributed by atoms with Gasteiger partial charge in [-0.1, -0.05) is 12.1 Å². The minimum absolute atomic E-state index is 0.0637. The third kappa shape index (κ3) is 5.17. The molecular formula is C21H25N3O5S. The van der Waals surface area contributed by atoms with Crippen LogP contribution in [0.1, 0.15) is 24.2 Å². The van der Waals surface area contributed by atoms with Crippen molar-refractivity contribution in [1.82, 2.24) is 14.5 Å². The summed E-state index contributed by atoms with van der Waals surface area (Å²) in [5, 5.41) is 0. The molecule has 1 N–H and O–H groups in total. The maximum Gasteiger partial charge on any atom is 0.247 e. The molecule has 2 heterocycles. The first-order chi connectivity index (χ1) is 14.3. The van der Waals surface area contributed by atoms with Gasteiger partial charge in [-0.25, -0.2) is 13.1 Å². The molecule has 1 saturated heterocycles. The molecule has 0 bridgehead atoms. The normalized spacial score (nSPS) is 16.9. The number of carbonyl (C=O) groups is 2. The van der Waals surface area contributed by atoms with Crippen molar-refractivity contribution in [1.29, 1.82) is 0 Å². The lowest BCUT2D eigenvalue weighted by atomic mass is 10.2. The lowest BCUT2D eigenvalue weighted by molar-refractivity contribution is -0.139. The number of likely N-dealkylation sites (tertiary alicyclic amines) is 1. The maximum absolute atomic E-state index is 12.5. The van der Waals surface area contributed by atoms with E-state index >= 15 is 0 Å². The molecule has 0 spiro atoms. The Morgan fingerprint density at radius 1 is 1.23 bits per heavy atom. The van der Waals surface area contributed by atoms with Crippen LogP contribution in [0.2, 0.25) is 0 Å². The summed E-state index contributed by atoms with van der Waals surface area (Å²) in [6.45, 7) is 0.611. The number of furan rings is 1. The zero-order chi connectivity index (χ0) is 21.7. The van der Waals surface area contributed by atoms with Gasteiger partial charge in [-0.2, -0.15) is 0 Å². The molecule has 9 heteroatoms. The highest BCUT2D eigenvalue weighted by atomic mass is 32.2. The van der Waals surface area contributed by atoms with Crippen LogP contribution >= 0.6 is 0 Å². The third-order valence-electron chi connectivity index (χ3n) is 4.89. The minimum Gasteiger partial charge on any atom is -0.468 e. The smallest absolute Gasteiger partial charge is 0.247 e. The molecule has 1 unspecified atom stereocenters. The summed E-state index contributed by atoms with van der Waals surface area (Å²) in [6, 6.07) is 9.14. The van der Waals surface area contributed by atoms with Crippen LogP contribution in [0.5, 0.6) is 0 Å². The highest BCUT2D eigenvalue weighted by Crippen LogP contribution is 2.20. The van der Waals surface area contributed by atoms with Gasteiger partial charge in [0.2, 0.25) is 21.8 Å². The molecule has 0 saturated carbocycles. The van der Waals surface area contributed by atoms with Crippen molar-refractivity contribution >= 4 is 27.9 Å². The standard InChI is InChI=1S/C21H25N3O5S/c1-23(2)21(26)19-6-3-13-24(19)20(25)12-9-16-7-10-18(11-8-16)30(27,28)22-15-17-5-4-14-29-17/h4-5,7-12,14,19,22H,3,6,13,15H2,1-2H3/b12-9+. The van der Waals surface area contributed by atoms with E-state index in [2.05, 4.69) is 4.72 Å². The van der Waals surface area contributed by atoms with Crippen LogP contribution in [0.4, 0.5) is 0 Å². The summed E-state index contributed by atoms with van der Waals surface area (Å²) in [5.41, 5.74) is 0.683. The maximum atomic E-state index is 12.5. The van der Waals surface area contributed by atoms with Gasteiger partial charge in [-0.05, 0) is 48.7 Å². The Balaban J connectivity index is 1.62. The third-order valence-corrected chi connectivity index (χ3v) is 6.30. The van der Waals surface area contributed by atoms with Crippen molar-refractivity contribution in [3.8, 4) is 0 Å². The topological polar surface area (TPSA) is 99.9 Å². The zero-order valence-electron chi connectivity index (χ0n) is 16.9. The van der Waals surface area contributed by atoms with Gasteiger partial charge in [0, 0.05) is 26.7 Å². The van der Waals surface area contributed by atoms with Crippen LogP contribution in [0.15, 0.2) is 58.1 Å². The van der Waals surface area contributed by atoms with E-state index in [1.54, 1.807) is 49.3 Å². The van der Waals surface area contributed by atoms with E-state index in [0.29, 0.717) is 24.3 Å². The van der Waals surface area contributed by atoms with Crippen LogP contribution in [0, 0.1) is 0 Å². The monoisotopic (exact) mass is 431 g/mol. The molecule has 1 aromatic carbocycles. The molecule has 1 aliphatic rings. The average Bonchev–Trinajstić information content (AvgIpc) is 3.42. The highest BCUT2D eigenvalue weighted by molar-refractivity contribution is 7.89. The minimum atomic E-state index is -3.67. The molecule has 30 heavy (non-hydrogen) atoms. The molecule has 1 aliphatic heterocycles. The molecule has 3 rings (SSSR count). The fraction of sp³-hybridized carbons (Fsp3) is 0.333. The molecular weight excluding hydrogens is 406 g/mol. The molecule has 0 aliphatic carbocycles. The fourth-order valence-corrected chi connectivity index (χ4v) is 4.26. The number of hydrogen-bond acceptors (Lipinski definition) is 5. The first-order valence-electron chi connectivity index (χ1n) is 9.60. The second-order valence-electron chi connectivity index (χ2n) is 7.23. The van der Waals surface area contributed by atoms with Crippen LogP contribution < -0.4 is 4.72 Å². The van der Waals surface area contributed by atoms with Crippen LogP contribution in [-0.2, 0) is 26.2 Å². The zero-order valence-corrected chi connectivity index (χ0v) is 17.8. The quantitative estimate of drug-likeness (QED) is 0.675. The number of rotatable bonds is 7. The van der Waals surface area contributed by atoms with Gasteiger partial charge < -0.3 is 14.2 Å². The fourth-order valence-electron chi connectivity index (χ4n) is 3.27. The summed E-state index contributed by atoms with van der Waals surface area (Å²) in [4.78, 5) is 28.0. The lowest BCUT2D eigenvalue weighted by Gasteiger charge is -2.25. The van der Waals surface area contributed by atoms with Gasteiger partial charge in [0.1, 0.15) is 11.8 Å². The van der Waals surface area contributed by atoms with E-state index in [0.717, 1.165) is 6.42 Å². The van der Waals surface area contributed by atoms with Crippen molar-refractivity contribution in [2.45, 2.75) is 30.3 Å². The molecule has 0 radical (unpaired) electrons. The molecule has 160 valence electrons. The first kappa shape index (κ1) is 21.8. The number of benzene rings is 1. The summed E-state index contributed by atoms with van der Waals surface area (Å²) in [5.74, 6) is 0.208. The Kier molecular flexibility index (Phi) is 6.73. The number of amides is 2. The predicted octanol–water partition coefficient (Wildman–Crippen LogP) is 1.85. The molecule has 1 fully saturated rings. The second kappa shape index (κ2) is 9.27. The van der Waals surface area contributed by atoms with Crippen LogP contribution in [-0.4, -0.2) is 56.7 Å². The summed E-state index contributed by atoms with van der Waals surface area (Å²) in [7, 11) is -0.316. The SMILES string of the molecule is CN(C)C(=O)C1CCCN1C(=O)/C=C/c1ccc(S(=O)(=O)NCc2ccco2)cc1. The Morgan fingerprint density at radius 3 is 2.60 bits per heavy atom. The predicted molar refractivity (Wildman–Crippen MR) is 112 cm³/mol. The lowest BCUT2D eigenvalue weighted by Crippen LogP contribution is -2.44. The Bertz CT molecular complexity index is 1010. The Morgan fingerprint density at radius 2 is 1.97 bits per heavy atom. The van der Waals surface area contributed by atoms with Gasteiger partial charge in [0.15, 0.2) is 0 Å². The van der Waals surface area contributed by atoms with Crippen LogP contribution in [0.25, 0.3) is 6.08 Å². The van der Waals surface area contributed by atoms with Crippen molar-refractivity contribution in [2.75, 3.05) is 20.6 Å². The number of nitrogens with one attached hydrogen (secondary N) is 1. The second-order valence-corrected chi connectivity index (χ2v) is 9.00. The Labute approximate surface area is 176 Å². The molecule has 2 aromatic rings. The highest BCUT2D eigenvalue weighted by Gasteiger charge is 2.33. The number of likely N-dealkylation sites (N-methyl/N-ethyl adjacent to an activating group) is 1. The van der Waals surface area contributed by atoms with E-state index in [4.69, 9.17) is 4.42 Å².